The maximum Gasteiger partial charge on any atom is 0.323 e. The maximum atomic E-state index is 12.2. The Morgan fingerprint density at radius 1 is 1.61 bits per heavy atom. The number of carbonyl (C=O) groups is 2. The molecule has 0 radical (unpaired) electrons. The lowest BCUT2D eigenvalue weighted by Crippen LogP contribution is -2.36. The van der Waals surface area contributed by atoms with Crippen LogP contribution in [0.15, 0.2) is 24.9 Å². The highest BCUT2D eigenvalue weighted by Gasteiger charge is 2.20. The zero-order chi connectivity index (χ0) is 13.7. The molecule has 5 nitrogen and oxygen atoms in total. The van der Waals surface area contributed by atoms with Gasteiger partial charge in [0.2, 0.25) is 0 Å². The van der Waals surface area contributed by atoms with Gasteiger partial charge in [-0.15, -0.1) is 6.58 Å². The van der Waals surface area contributed by atoms with Crippen LogP contribution < -0.4 is 0 Å². The van der Waals surface area contributed by atoms with Gasteiger partial charge in [0.1, 0.15) is 12.2 Å². The van der Waals surface area contributed by atoms with Crippen LogP contribution in [0.25, 0.3) is 0 Å². The average Bonchev–Trinajstić information content (AvgIpc) is 2.68. The Balaban J connectivity index is 3.00. The quantitative estimate of drug-likeness (QED) is 0.803. The molecular weight excluding hydrogens is 256 g/mol. The van der Waals surface area contributed by atoms with Crippen LogP contribution in [-0.2, 0) is 11.3 Å². The van der Waals surface area contributed by atoms with E-state index in [0.717, 1.165) is 0 Å². The zero-order valence-electron chi connectivity index (χ0n) is 10.1. The van der Waals surface area contributed by atoms with Gasteiger partial charge in [0.15, 0.2) is 0 Å². The molecule has 0 aliphatic rings. The summed E-state index contributed by atoms with van der Waals surface area (Å²) in [4.78, 5) is 24.1. The third-order valence-electron chi connectivity index (χ3n) is 2.39. The molecule has 1 N–H and O–H groups in total. The number of hydrogen-bond acceptors (Lipinski definition) is 2. The molecule has 0 fully saturated rings. The summed E-state index contributed by atoms with van der Waals surface area (Å²) in [5.74, 6) is -1.43. The maximum absolute atomic E-state index is 12.2. The molecule has 0 saturated carbocycles. The number of nitrogens with zero attached hydrogens (tertiary/aromatic N) is 2. The summed E-state index contributed by atoms with van der Waals surface area (Å²) in [6.07, 6.45) is 3.13. The predicted molar refractivity (Wildman–Crippen MR) is 68.9 cm³/mol. The minimum atomic E-state index is -1.06. The molecule has 0 aliphatic heterocycles. The molecule has 1 amide bonds. The summed E-state index contributed by atoms with van der Waals surface area (Å²) < 4.78 is 1.68. The fraction of sp³-hybridized carbons (Fsp3) is 0.333. The molecule has 1 aromatic heterocycles. The largest absolute Gasteiger partial charge is 0.480 e. The fourth-order valence-corrected chi connectivity index (χ4v) is 1.84. The smallest absolute Gasteiger partial charge is 0.323 e. The van der Waals surface area contributed by atoms with Crippen molar-refractivity contribution in [3.8, 4) is 0 Å². The number of carboxylic acids is 1. The van der Waals surface area contributed by atoms with Crippen LogP contribution in [-0.4, -0.2) is 39.5 Å². The van der Waals surface area contributed by atoms with E-state index in [-0.39, 0.29) is 19.0 Å². The van der Waals surface area contributed by atoms with Crippen molar-refractivity contribution >= 4 is 23.5 Å². The normalized spacial score (nSPS) is 10.1. The first-order chi connectivity index (χ1) is 8.49. The molecular formula is C12H15ClN2O3. The van der Waals surface area contributed by atoms with E-state index < -0.39 is 5.97 Å². The number of aromatic nitrogens is 1. The first-order valence-corrected chi connectivity index (χ1v) is 5.85. The van der Waals surface area contributed by atoms with E-state index in [1.165, 1.54) is 17.0 Å². The molecule has 0 unspecified atom stereocenters. The number of rotatable bonds is 6. The minimum absolute atomic E-state index is 0.178. The van der Waals surface area contributed by atoms with E-state index in [9.17, 15) is 9.59 Å². The number of hydrogen-bond donors (Lipinski definition) is 1. The molecule has 98 valence electrons. The highest BCUT2D eigenvalue weighted by Crippen LogP contribution is 2.16. The molecule has 0 spiro atoms. The van der Waals surface area contributed by atoms with E-state index in [4.69, 9.17) is 16.7 Å². The van der Waals surface area contributed by atoms with Gasteiger partial charge in [-0.2, -0.15) is 0 Å². The molecule has 6 heteroatoms. The van der Waals surface area contributed by atoms with E-state index in [1.807, 2.05) is 6.92 Å². The number of aliphatic carboxylic acids is 1. The fourth-order valence-electron chi connectivity index (χ4n) is 1.62. The topological polar surface area (TPSA) is 62.5 Å². The van der Waals surface area contributed by atoms with E-state index in [1.54, 1.807) is 10.8 Å². The molecule has 0 bridgehead atoms. The van der Waals surface area contributed by atoms with E-state index >= 15 is 0 Å². The van der Waals surface area contributed by atoms with Gasteiger partial charge in [-0.05, 0) is 13.0 Å². The Morgan fingerprint density at radius 3 is 2.78 bits per heavy atom. The first kappa shape index (κ1) is 14.3. The van der Waals surface area contributed by atoms with Crippen molar-refractivity contribution in [3.05, 3.63) is 35.6 Å². The third-order valence-corrected chi connectivity index (χ3v) is 2.59. The van der Waals surface area contributed by atoms with Crippen molar-refractivity contribution in [1.29, 1.82) is 0 Å². The lowest BCUT2D eigenvalue weighted by molar-refractivity contribution is -0.137. The van der Waals surface area contributed by atoms with Gasteiger partial charge in [-0.3, -0.25) is 9.59 Å². The summed E-state index contributed by atoms with van der Waals surface area (Å²) in [7, 11) is 0. The van der Waals surface area contributed by atoms with Gasteiger partial charge < -0.3 is 14.6 Å². The standard InChI is InChI=1S/C12H15ClN2O3/c1-3-5-15(8-11(16)17)12(18)10-6-9(13)7-14(10)4-2/h3,6-7H,1,4-5,8H2,2H3,(H,16,17). The van der Waals surface area contributed by atoms with Crippen molar-refractivity contribution in [1.82, 2.24) is 9.47 Å². The van der Waals surface area contributed by atoms with Crippen LogP contribution in [0.2, 0.25) is 5.02 Å². The van der Waals surface area contributed by atoms with Gasteiger partial charge in [-0.25, -0.2) is 0 Å². The average molecular weight is 271 g/mol. The monoisotopic (exact) mass is 270 g/mol. The summed E-state index contributed by atoms with van der Waals surface area (Å²) in [5, 5.41) is 9.23. The number of aryl methyl sites for hydroxylation is 1. The molecule has 1 heterocycles. The van der Waals surface area contributed by atoms with Crippen molar-refractivity contribution < 1.29 is 14.7 Å². The van der Waals surface area contributed by atoms with Crippen molar-refractivity contribution in [2.75, 3.05) is 13.1 Å². The number of amides is 1. The molecule has 1 rings (SSSR count). The molecule has 0 atom stereocenters. The molecule has 18 heavy (non-hydrogen) atoms. The second-order valence-electron chi connectivity index (χ2n) is 3.70. The Labute approximate surface area is 110 Å². The Morgan fingerprint density at radius 2 is 2.28 bits per heavy atom. The van der Waals surface area contributed by atoms with Crippen LogP contribution in [0.1, 0.15) is 17.4 Å². The number of carboxylic acid groups (broad SMARTS) is 1. The third kappa shape index (κ3) is 3.37. The minimum Gasteiger partial charge on any atom is -0.480 e. The van der Waals surface area contributed by atoms with Gasteiger partial charge in [0, 0.05) is 19.3 Å². The van der Waals surface area contributed by atoms with Crippen molar-refractivity contribution in [2.45, 2.75) is 13.5 Å². The summed E-state index contributed by atoms with van der Waals surface area (Å²) in [6.45, 7) is 5.79. The highest BCUT2D eigenvalue weighted by atomic mass is 35.5. The molecule has 0 aromatic carbocycles. The lowest BCUT2D eigenvalue weighted by atomic mass is 10.3. The van der Waals surface area contributed by atoms with Crippen molar-refractivity contribution in [3.63, 3.8) is 0 Å². The van der Waals surface area contributed by atoms with E-state index in [0.29, 0.717) is 17.3 Å². The predicted octanol–water partition coefficient (Wildman–Crippen LogP) is 1.87. The molecule has 0 saturated heterocycles. The Kier molecular flexibility index (Phi) is 4.97. The van der Waals surface area contributed by atoms with Gasteiger partial charge >= 0.3 is 5.97 Å². The first-order valence-electron chi connectivity index (χ1n) is 5.47. The van der Waals surface area contributed by atoms with Gasteiger partial charge in [-0.1, -0.05) is 17.7 Å². The highest BCUT2D eigenvalue weighted by molar-refractivity contribution is 6.31. The number of carbonyl (C=O) groups excluding carboxylic acids is 1. The summed E-state index contributed by atoms with van der Waals surface area (Å²) >= 11 is 5.85. The summed E-state index contributed by atoms with van der Waals surface area (Å²) in [5.41, 5.74) is 0.380. The van der Waals surface area contributed by atoms with Crippen molar-refractivity contribution in [2.24, 2.45) is 0 Å². The summed E-state index contributed by atoms with van der Waals surface area (Å²) in [6, 6.07) is 1.53. The van der Waals surface area contributed by atoms with Crippen LogP contribution in [0.5, 0.6) is 0 Å². The second kappa shape index (κ2) is 6.26. The van der Waals surface area contributed by atoms with Gasteiger partial charge in [0.05, 0.1) is 5.02 Å². The van der Waals surface area contributed by atoms with Crippen LogP contribution in [0.4, 0.5) is 0 Å². The van der Waals surface area contributed by atoms with Gasteiger partial charge in [0.25, 0.3) is 5.91 Å². The Hall–Kier alpha value is -1.75. The lowest BCUT2D eigenvalue weighted by Gasteiger charge is -2.19. The second-order valence-corrected chi connectivity index (χ2v) is 4.13. The van der Waals surface area contributed by atoms with E-state index in [2.05, 4.69) is 6.58 Å². The molecule has 1 aromatic rings. The van der Waals surface area contributed by atoms with Crippen LogP contribution in [0, 0.1) is 0 Å². The van der Waals surface area contributed by atoms with Crippen LogP contribution >= 0.6 is 11.6 Å². The molecule has 0 aliphatic carbocycles. The Bertz CT molecular complexity index is 468. The zero-order valence-corrected chi connectivity index (χ0v) is 10.9. The van der Waals surface area contributed by atoms with Crippen LogP contribution in [0.3, 0.4) is 0 Å². The SMILES string of the molecule is C=CCN(CC(=O)O)C(=O)c1cc(Cl)cn1CC. The number of halogens is 1.